The van der Waals surface area contributed by atoms with E-state index in [2.05, 4.69) is 10.3 Å². The lowest BCUT2D eigenvalue weighted by atomic mass is 10.2. The molecule has 6 heteroatoms. The van der Waals surface area contributed by atoms with Crippen LogP contribution in [0.3, 0.4) is 0 Å². The minimum absolute atomic E-state index is 0.0309. The Labute approximate surface area is 153 Å². The Balaban J connectivity index is 1.50. The van der Waals surface area contributed by atoms with E-state index >= 15 is 0 Å². The summed E-state index contributed by atoms with van der Waals surface area (Å²) in [5, 5.41) is 3.75. The quantitative estimate of drug-likeness (QED) is 0.627. The highest BCUT2D eigenvalue weighted by Gasteiger charge is 2.13. The molecule has 0 bridgehead atoms. The van der Waals surface area contributed by atoms with Gasteiger partial charge in [-0.2, -0.15) is 0 Å². The highest BCUT2D eigenvalue weighted by atomic mass is 32.2. The van der Waals surface area contributed by atoms with Gasteiger partial charge in [-0.15, -0.1) is 0 Å². The minimum Gasteiger partial charge on any atom is -0.351 e. The molecule has 5 nitrogen and oxygen atoms in total. The lowest BCUT2D eigenvalue weighted by Gasteiger charge is -2.06. The van der Waals surface area contributed by atoms with Crippen LogP contribution in [0.15, 0.2) is 54.6 Å². The second-order valence-corrected chi connectivity index (χ2v) is 8.64. The smallest absolute Gasteiger partial charge is 0.267 e. The molecular formula is C20H22N2O3S. The van der Waals surface area contributed by atoms with Crippen molar-refractivity contribution in [3.8, 4) is 0 Å². The Bertz CT molecular complexity index is 1010. The highest BCUT2D eigenvalue weighted by Crippen LogP contribution is 2.16. The first-order valence-electron chi connectivity index (χ1n) is 8.55. The first-order valence-corrected chi connectivity index (χ1v) is 10.4. The average Bonchev–Trinajstić information content (AvgIpc) is 3.02. The average molecular weight is 370 g/mol. The molecule has 2 aromatic carbocycles. The number of benzene rings is 2. The summed E-state index contributed by atoms with van der Waals surface area (Å²) < 4.78 is 24.3. The van der Waals surface area contributed by atoms with E-state index in [0.717, 1.165) is 22.0 Å². The van der Waals surface area contributed by atoms with E-state index in [1.165, 1.54) is 0 Å². The van der Waals surface area contributed by atoms with Crippen molar-refractivity contribution in [3.05, 3.63) is 71.4 Å². The molecule has 1 aromatic heterocycles. The van der Waals surface area contributed by atoms with Gasteiger partial charge in [-0.1, -0.05) is 42.5 Å². The van der Waals surface area contributed by atoms with Crippen molar-refractivity contribution < 1.29 is 13.2 Å². The van der Waals surface area contributed by atoms with Crippen LogP contribution in [0.25, 0.3) is 10.9 Å². The van der Waals surface area contributed by atoms with Gasteiger partial charge in [-0.05, 0) is 36.6 Å². The van der Waals surface area contributed by atoms with E-state index < -0.39 is 9.84 Å². The third kappa shape index (κ3) is 4.73. The van der Waals surface area contributed by atoms with Crippen LogP contribution < -0.4 is 5.32 Å². The molecule has 0 radical (unpaired) electrons. The molecule has 0 unspecified atom stereocenters. The number of H-pyrrole nitrogens is 1. The second kappa shape index (κ2) is 7.74. The summed E-state index contributed by atoms with van der Waals surface area (Å²) in [5.41, 5.74) is 3.30. The molecule has 2 N–H and O–H groups in total. The number of aryl methyl sites for hydroxylation is 1. The number of fused-ring (bicyclic) bond motifs is 1. The van der Waals surface area contributed by atoms with Crippen molar-refractivity contribution in [1.29, 1.82) is 0 Å². The molecule has 1 amide bonds. The van der Waals surface area contributed by atoms with Crippen LogP contribution in [0.4, 0.5) is 0 Å². The van der Waals surface area contributed by atoms with Crippen LogP contribution in [-0.4, -0.2) is 31.6 Å². The van der Waals surface area contributed by atoms with Gasteiger partial charge in [0.05, 0.1) is 11.5 Å². The van der Waals surface area contributed by atoms with Crippen molar-refractivity contribution in [2.45, 2.75) is 19.1 Å². The Hall–Kier alpha value is -2.60. The van der Waals surface area contributed by atoms with Gasteiger partial charge in [-0.3, -0.25) is 4.79 Å². The van der Waals surface area contributed by atoms with E-state index in [4.69, 9.17) is 0 Å². The molecule has 0 aliphatic rings. The lowest BCUT2D eigenvalue weighted by molar-refractivity contribution is 0.0949. The van der Waals surface area contributed by atoms with Gasteiger partial charge in [0.15, 0.2) is 9.84 Å². The topological polar surface area (TPSA) is 79.0 Å². The maximum atomic E-state index is 12.2. The number of hydrogen-bond acceptors (Lipinski definition) is 3. The molecule has 3 aromatic rings. The van der Waals surface area contributed by atoms with Crippen molar-refractivity contribution in [2.24, 2.45) is 0 Å². The minimum atomic E-state index is -3.18. The fourth-order valence-electron chi connectivity index (χ4n) is 2.85. The molecule has 1 heterocycles. The van der Waals surface area contributed by atoms with Crippen LogP contribution in [0.1, 0.15) is 28.0 Å². The van der Waals surface area contributed by atoms with E-state index in [1.54, 1.807) is 18.2 Å². The summed E-state index contributed by atoms with van der Waals surface area (Å²) in [7, 11) is -3.18. The molecule has 0 aliphatic carbocycles. The first-order chi connectivity index (χ1) is 12.4. The van der Waals surface area contributed by atoms with E-state index in [-0.39, 0.29) is 17.4 Å². The van der Waals surface area contributed by atoms with E-state index in [0.29, 0.717) is 18.7 Å². The van der Waals surface area contributed by atoms with E-state index in [1.807, 2.05) is 43.3 Å². The molecule has 26 heavy (non-hydrogen) atoms. The SMILES string of the molecule is Cc1ccc2cc(C(=O)NCCCS(=O)(=O)Cc3ccccc3)[nH]c2c1. The van der Waals surface area contributed by atoms with Crippen molar-refractivity contribution >= 4 is 26.6 Å². The van der Waals surface area contributed by atoms with Crippen molar-refractivity contribution in [1.82, 2.24) is 10.3 Å². The van der Waals surface area contributed by atoms with Gasteiger partial charge >= 0.3 is 0 Å². The normalized spacial score (nSPS) is 11.6. The van der Waals surface area contributed by atoms with Gasteiger partial charge in [0.1, 0.15) is 5.69 Å². The Kier molecular flexibility index (Phi) is 5.42. The maximum absolute atomic E-state index is 12.2. The maximum Gasteiger partial charge on any atom is 0.267 e. The van der Waals surface area contributed by atoms with Gasteiger partial charge in [-0.25, -0.2) is 8.42 Å². The van der Waals surface area contributed by atoms with Crippen molar-refractivity contribution in [2.75, 3.05) is 12.3 Å². The molecule has 0 atom stereocenters. The molecule has 3 rings (SSSR count). The summed E-state index contributed by atoms with van der Waals surface area (Å²) in [6, 6.07) is 16.9. The molecule has 0 aliphatic heterocycles. The zero-order valence-corrected chi connectivity index (χ0v) is 15.5. The Morgan fingerprint density at radius 1 is 1.08 bits per heavy atom. The zero-order valence-electron chi connectivity index (χ0n) is 14.7. The summed E-state index contributed by atoms with van der Waals surface area (Å²) in [6.07, 6.45) is 0.389. The number of aromatic nitrogens is 1. The lowest BCUT2D eigenvalue weighted by Crippen LogP contribution is -2.26. The summed E-state index contributed by atoms with van der Waals surface area (Å²) >= 11 is 0. The van der Waals surface area contributed by atoms with E-state index in [9.17, 15) is 13.2 Å². The number of rotatable bonds is 7. The first kappa shape index (κ1) is 18.2. The molecule has 136 valence electrons. The molecule has 0 spiro atoms. The van der Waals surface area contributed by atoms with Crippen LogP contribution in [0, 0.1) is 6.92 Å². The number of amides is 1. The molecule has 0 fully saturated rings. The number of sulfone groups is 1. The third-order valence-electron chi connectivity index (χ3n) is 4.17. The van der Waals surface area contributed by atoms with Crippen LogP contribution in [0.2, 0.25) is 0 Å². The number of carbonyl (C=O) groups excluding carboxylic acids is 1. The molecular weight excluding hydrogens is 348 g/mol. The zero-order chi connectivity index (χ0) is 18.6. The number of nitrogens with one attached hydrogen (secondary N) is 2. The highest BCUT2D eigenvalue weighted by molar-refractivity contribution is 7.90. The fourth-order valence-corrected chi connectivity index (χ4v) is 4.28. The second-order valence-electron chi connectivity index (χ2n) is 6.46. The molecule has 0 saturated heterocycles. The number of hydrogen-bond donors (Lipinski definition) is 2. The van der Waals surface area contributed by atoms with Gasteiger partial charge in [0.25, 0.3) is 5.91 Å². The largest absolute Gasteiger partial charge is 0.351 e. The number of aromatic amines is 1. The summed E-state index contributed by atoms with van der Waals surface area (Å²) in [4.78, 5) is 15.3. The van der Waals surface area contributed by atoms with Gasteiger partial charge in [0.2, 0.25) is 0 Å². The van der Waals surface area contributed by atoms with Crippen LogP contribution in [0.5, 0.6) is 0 Å². The predicted molar refractivity (Wildman–Crippen MR) is 104 cm³/mol. The number of carbonyl (C=O) groups is 1. The van der Waals surface area contributed by atoms with Crippen LogP contribution in [-0.2, 0) is 15.6 Å². The summed E-state index contributed by atoms with van der Waals surface area (Å²) in [6.45, 7) is 2.32. The van der Waals surface area contributed by atoms with Crippen molar-refractivity contribution in [3.63, 3.8) is 0 Å². The summed E-state index contributed by atoms with van der Waals surface area (Å²) in [5.74, 6) is -0.142. The monoisotopic (exact) mass is 370 g/mol. The third-order valence-corrected chi connectivity index (χ3v) is 5.85. The Morgan fingerprint density at radius 3 is 2.62 bits per heavy atom. The predicted octanol–water partition coefficient (Wildman–Crippen LogP) is 3.21. The Morgan fingerprint density at radius 2 is 1.85 bits per heavy atom. The molecule has 0 saturated carbocycles. The van der Waals surface area contributed by atoms with Gasteiger partial charge in [0, 0.05) is 17.4 Å². The fraction of sp³-hybridized carbons (Fsp3) is 0.250. The van der Waals surface area contributed by atoms with Crippen LogP contribution >= 0.6 is 0 Å². The van der Waals surface area contributed by atoms with Gasteiger partial charge < -0.3 is 10.3 Å². The standard InChI is InChI=1S/C20H22N2O3S/c1-15-8-9-17-13-19(22-18(17)12-15)20(23)21-10-5-11-26(24,25)14-16-6-3-2-4-7-16/h2-4,6-9,12-13,22H,5,10-11,14H2,1H3,(H,21,23).